The Morgan fingerprint density at radius 3 is 1.86 bits per heavy atom. The van der Waals surface area contributed by atoms with Crippen LogP contribution in [0, 0.1) is 0 Å². The molecular formula is C26H37N3. The fraction of sp³-hybridized carbons (Fsp3) is 0.385. The molecule has 3 nitrogen and oxygen atoms in total. The maximum atomic E-state index is 4.92. The molecule has 0 saturated heterocycles. The summed E-state index contributed by atoms with van der Waals surface area (Å²) in [5.41, 5.74) is 4.08. The molecule has 0 aliphatic rings. The van der Waals surface area contributed by atoms with Gasteiger partial charge in [-0.25, -0.2) is 9.97 Å². The number of rotatable bonds is 1. The minimum Gasteiger partial charge on any atom is -0.279 e. The number of hydrogen-bond acceptors (Lipinski definition) is 2. The van der Waals surface area contributed by atoms with E-state index in [1.807, 2.05) is 32.0 Å². The summed E-state index contributed by atoms with van der Waals surface area (Å²) in [7, 11) is 0. The van der Waals surface area contributed by atoms with Gasteiger partial charge in [0, 0.05) is 10.8 Å². The van der Waals surface area contributed by atoms with E-state index in [-0.39, 0.29) is 5.41 Å². The van der Waals surface area contributed by atoms with Crippen molar-refractivity contribution in [2.24, 2.45) is 0 Å². The van der Waals surface area contributed by atoms with E-state index in [0.717, 1.165) is 33.4 Å². The molecule has 0 atom stereocenters. The number of hydrogen-bond donors (Lipinski definition) is 0. The SMILES string of the molecule is C=C.CC.CC(C)(C)c1nc2ccccc2c2nc3ccccc3n12.CCCC. The second-order valence-corrected chi connectivity index (χ2v) is 7.46. The molecule has 2 aromatic heterocycles. The van der Waals surface area contributed by atoms with E-state index in [1.165, 1.54) is 12.8 Å². The standard InChI is InChI=1S/C18H17N3.C4H10.C2H6.C2H4/c1-18(2,3)17-20-13-9-5-4-8-12(13)16-19-14-10-6-7-11-15(14)21(16)17;1-3-4-2;2*1-2/h4-11H,1-3H3;3-4H2,1-2H3;1-2H3;1-2H2. The zero-order valence-electron chi connectivity index (χ0n) is 19.3. The van der Waals surface area contributed by atoms with Crippen LogP contribution in [-0.4, -0.2) is 14.4 Å². The summed E-state index contributed by atoms with van der Waals surface area (Å²) in [6.07, 6.45) is 2.64. The van der Waals surface area contributed by atoms with Crippen molar-refractivity contribution in [1.82, 2.24) is 14.4 Å². The normalized spacial score (nSPS) is 10.4. The van der Waals surface area contributed by atoms with E-state index in [4.69, 9.17) is 9.97 Å². The number of para-hydroxylation sites is 3. The highest BCUT2D eigenvalue weighted by atomic mass is 15.1. The summed E-state index contributed by atoms with van der Waals surface area (Å²) in [6, 6.07) is 16.5. The van der Waals surface area contributed by atoms with Crippen LogP contribution in [0.15, 0.2) is 61.7 Å². The average molecular weight is 392 g/mol. The lowest BCUT2D eigenvalue weighted by Gasteiger charge is -2.20. The molecule has 156 valence electrons. The molecule has 0 aliphatic heterocycles. The predicted molar refractivity (Wildman–Crippen MR) is 130 cm³/mol. The smallest absolute Gasteiger partial charge is 0.148 e. The summed E-state index contributed by atoms with van der Waals surface area (Å²) in [6.45, 7) is 20.9. The zero-order chi connectivity index (χ0) is 22.0. The molecule has 0 amide bonds. The molecule has 4 aromatic rings. The molecular weight excluding hydrogens is 354 g/mol. The lowest BCUT2D eigenvalue weighted by molar-refractivity contribution is 0.542. The van der Waals surface area contributed by atoms with Crippen LogP contribution in [0.3, 0.4) is 0 Å². The Morgan fingerprint density at radius 2 is 1.31 bits per heavy atom. The molecule has 0 N–H and O–H groups in total. The minimum atomic E-state index is -0.0498. The van der Waals surface area contributed by atoms with E-state index in [9.17, 15) is 0 Å². The van der Waals surface area contributed by atoms with Gasteiger partial charge in [0.05, 0.1) is 16.6 Å². The van der Waals surface area contributed by atoms with Gasteiger partial charge in [-0.2, -0.15) is 0 Å². The highest BCUT2D eigenvalue weighted by Gasteiger charge is 2.22. The van der Waals surface area contributed by atoms with E-state index in [2.05, 4.69) is 82.5 Å². The van der Waals surface area contributed by atoms with E-state index in [1.54, 1.807) is 0 Å². The van der Waals surface area contributed by atoms with Gasteiger partial charge >= 0.3 is 0 Å². The Morgan fingerprint density at radius 1 is 0.793 bits per heavy atom. The van der Waals surface area contributed by atoms with Crippen LogP contribution in [0.1, 0.15) is 67.1 Å². The van der Waals surface area contributed by atoms with Crippen molar-refractivity contribution < 1.29 is 0 Å². The third-order valence-corrected chi connectivity index (χ3v) is 4.31. The second-order valence-electron chi connectivity index (χ2n) is 7.46. The molecule has 0 aliphatic carbocycles. The lowest BCUT2D eigenvalue weighted by atomic mass is 9.95. The quantitative estimate of drug-likeness (QED) is 0.308. The molecule has 0 saturated carbocycles. The van der Waals surface area contributed by atoms with Crippen LogP contribution < -0.4 is 0 Å². The highest BCUT2D eigenvalue weighted by Crippen LogP contribution is 2.29. The first-order valence-electron chi connectivity index (χ1n) is 10.6. The average Bonchev–Trinajstić information content (AvgIpc) is 3.15. The van der Waals surface area contributed by atoms with Crippen molar-refractivity contribution >= 4 is 27.6 Å². The zero-order valence-corrected chi connectivity index (χ0v) is 19.3. The van der Waals surface area contributed by atoms with Crippen molar-refractivity contribution in [3.8, 4) is 0 Å². The van der Waals surface area contributed by atoms with Crippen LogP contribution in [0.5, 0.6) is 0 Å². The van der Waals surface area contributed by atoms with Crippen molar-refractivity contribution in [2.75, 3.05) is 0 Å². The topological polar surface area (TPSA) is 30.2 Å². The van der Waals surface area contributed by atoms with Gasteiger partial charge in [-0.3, -0.25) is 4.40 Å². The van der Waals surface area contributed by atoms with Crippen molar-refractivity contribution in [3.05, 3.63) is 67.5 Å². The van der Waals surface area contributed by atoms with Gasteiger partial charge in [0.15, 0.2) is 0 Å². The Kier molecular flexibility index (Phi) is 9.54. The van der Waals surface area contributed by atoms with Gasteiger partial charge in [0.25, 0.3) is 0 Å². The van der Waals surface area contributed by atoms with Crippen LogP contribution in [0.25, 0.3) is 27.6 Å². The Balaban J connectivity index is 0.000000463. The molecule has 2 aromatic carbocycles. The Labute approximate surface area is 176 Å². The maximum Gasteiger partial charge on any atom is 0.148 e. The number of imidazole rings is 1. The molecule has 0 bridgehead atoms. The summed E-state index contributed by atoms with van der Waals surface area (Å²) >= 11 is 0. The number of fused-ring (bicyclic) bond motifs is 5. The third-order valence-electron chi connectivity index (χ3n) is 4.31. The summed E-state index contributed by atoms with van der Waals surface area (Å²) in [5.74, 6) is 1.05. The van der Waals surface area contributed by atoms with Crippen LogP contribution in [0.2, 0.25) is 0 Å². The van der Waals surface area contributed by atoms with Gasteiger partial charge in [-0.15, -0.1) is 13.2 Å². The molecule has 0 radical (unpaired) electrons. The van der Waals surface area contributed by atoms with Gasteiger partial charge in [-0.1, -0.05) is 85.6 Å². The molecule has 0 spiro atoms. The van der Waals surface area contributed by atoms with Gasteiger partial charge in [0.1, 0.15) is 11.5 Å². The van der Waals surface area contributed by atoms with Crippen molar-refractivity contribution in [2.45, 2.75) is 66.7 Å². The molecule has 4 rings (SSSR count). The van der Waals surface area contributed by atoms with Crippen LogP contribution in [-0.2, 0) is 5.41 Å². The van der Waals surface area contributed by atoms with E-state index in [0.29, 0.717) is 0 Å². The number of benzene rings is 2. The predicted octanol–water partition coefficient (Wildman–Crippen LogP) is 7.97. The highest BCUT2D eigenvalue weighted by molar-refractivity contribution is 5.96. The van der Waals surface area contributed by atoms with Crippen LogP contribution in [0.4, 0.5) is 0 Å². The Hall–Kier alpha value is -2.68. The molecule has 2 heterocycles. The molecule has 3 heteroatoms. The fourth-order valence-electron chi connectivity index (χ4n) is 2.85. The third kappa shape index (κ3) is 5.44. The fourth-order valence-corrected chi connectivity index (χ4v) is 2.85. The summed E-state index contributed by atoms with van der Waals surface area (Å²) in [4.78, 5) is 9.76. The Bertz CT molecular complexity index is 1020. The van der Waals surface area contributed by atoms with E-state index < -0.39 is 0 Å². The van der Waals surface area contributed by atoms with Gasteiger partial charge in [-0.05, 0) is 24.3 Å². The second kappa shape index (κ2) is 11.4. The molecule has 0 fully saturated rings. The summed E-state index contributed by atoms with van der Waals surface area (Å²) in [5, 5.41) is 1.10. The molecule has 29 heavy (non-hydrogen) atoms. The van der Waals surface area contributed by atoms with Crippen molar-refractivity contribution in [3.63, 3.8) is 0 Å². The first kappa shape index (κ1) is 24.4. The van der Waals surface area contributed by atoms with Gasteiger partial charge < -0.3 is 0 Å². The van der Waals surface area contributed by atoms with Crippen LogP contribution >= 0.6 is 0 Å². The number of unbranched alkanes of at least 4 members (excludes halogenated alkanes) is 1. The minimum absolute atomic E-state index is 0.0498. The first-order valence-corrected chi connectivity index (χ1v) is 10.6. The van der Waals surface area contributed by atoms with E-state index >= 15 is 0 Å². The number of nitrogens with zero attached hydrogens (tertiary/aromatic N) is 3. The maximum absolute atomic E-state index is 4.92. The monoisotopic (exact) mass is 391 g/mol. The largest absolute Gasteiger partial charge is 0.279 e. The summed E-state index contributed by atoms with van der Waals surface area (Å²) < 4.78 is 2.21. The first-order chi connectivity index (χ1) is 14.0. The lowest BCUT2D eigenvalue weighted by Crippen LogP contribution is -2.18. The number of aromatic nitrogens is 3. The van der Waals surface area contributed by atoms with Gasteiger partial charge in [0.2, 0.25) is 0 Å². The molecule has 0 unspecified atom stereocenters. The van der Waals surface area contributed by atoms with Crippen molar-refractivity contribution in [1.29, 1.82) is 0 Å².